The van der Waals surface area contributed by atoms with Crippen LogP contribution in [0.3, 0.4) is 0 Å². The quantitative estimate of drug-likeness (QED) is 0.569. The van der Waals surface area contributed by atoms with E-state index in [1.165, 1.54) is 11.3 Å². The second-order valence-corrected chi connectivity index (χ2v) is 7.27. The standard InChI is InChI=1S/C18H14ClN5OS/c1-10-5-3-4-6-14(10)24-11(2)16(22-23-24)17(25)21-18-20-13-9-12(19)7-8-15(13)26-18/h3-9H,1-2H3,(H,20,21,25). The van der Waals surface area contributed by atoms with Crippen LogP contribution in [0.25, 0.3) is 15.9 Å². The summed E-state index contributed by atoms with van der Waals surface area (Å²) in [6.45, 7) is 3.81. The van der Waals surface area contributed by atoms with Gasteiger partial charge in [0.1, 0.15) is 0 Å². The van der Waals surface area contributed by atoms with Crippen molar-refractivity contribution >= 4 is 44.2 Å². The Bertz CT molecular complexity index is 1130. The first kappa shape index (κ1) is 16.7. The molecule has 0 aliphatic rings. The summed E-state index contributed by atoms with van der Waals surface area (Å²) in [6.07, 6.45) is 0. The van der Waals surface area contributed by atoms with Crippen LogP contribution in [0.5, 0.6) is 0 Å². The molecule has 0 radical (unpaired) electrons. The molecule has 26 heavy (non-hydrogen) atoms. The predicted octanol–water partition coefficient (Wildman–Crippen LogP) is 4.40. The summed E-state index contributed by atoms with van der Waals surface area (Å²) >= 11 is 7.36. The molecule has 0 atom stereocenters. The van der Waals surface area contributed by atoms with Gasteiger partial charge >= 0.3 is 0 Å². The molecule has 1 amide bonds. The molecule has 1 N–H and O–H groups in total. The number of hydrogen-bond acceptors (Lipinski definition) is 5. The highest BCUT2D eigenvalue weighted by molar-refractivity contribution is 7.22. The van der Waals surface area contributed by atoms with Gasteiger partial charge in [0, 0.05) is 5.02 Å². The fourth-order valence-electron chi connectivity index (χ4n) is 2.68. The van der Waals surface area contributed by atoms with Crippen molar-refractivity contribution in [2.45, 2.75) is 13.8 Å². The van der Waals surface area contributed by atoms with Crippen LogP contribution in [0.1, 0.15) is 21.7 Å². The van der Waals surface area contributed by atoms with Gasteiger partial charge in [0.15, 0.2) is 10.8 Å². The van der Waals surface area contributed by atoms with Crippen molar-refractivity contribution in [2.24, 2.45) is 0 Å². The minimum atomic E-state index is -0.340. The third-order valence-corrected chi connectivity index (χ3v) is 5.21. The van der Waals surface area contributed by atoms with Crippen molar-refractivity contribution < 1.29 is 4.79 Å². The van der Waals surface area contributed by atoms with Crippen LogP contribution >= 0.6 is 22.9 Å². The van der Waals surface area contributed by atoms with E-state index in [-0.39, 0.29) is 11.6 Å². The summed E-state index contributed by atoms with van der Waals surface area (Å²) in [6, 6.07) is 13.3. The molecule has 0 unspecified atom stereocenters. The Balaban J connectivity index is 1.63. The minimum Gasteiger partial charge on any atom is -0.296 e. The predicted molar refractivity (Wildman–Crippen MR) is 103 cm³/mol. The van der Waals surface area contributed by atoms with Gasteiger partial charge in [-0.25, -0.2) is 9.67 Å². The highest BCUT2D eigenvalue weighted by atomic mass is 35.5. The molecule has 4 rings (SSSR count). The average Bonchev–Trinajstić information content (AvgIpc) is 3.18. The van der Waals surface area contributed by atoms with E-state index < -0.39 is 0 Å². The van der Waals surface area contributed by atoms with Crippen molar-refractivity contribution in [3.8, 4) is 5.69 Å². The highest BCUT2D eigenvalue weighted by Crippen LogP contribution is 2.28. The van der Waals surface area contributed by atoms with Crippen LogP contribution in [-0.4, -0.2) is 25.9 Å². The van der Waals surface area contributed by atoms with Crippen molar-refractivity contribution in [3.05, 3.63) is 64.4 Å². The van der Waals surface area contributed by atoms with Gasteiger partial charge in [-0.15, -0.1) is 5.10 Å². The first-order valence-corrected chi connectivity index (χ1v) is 9.08. The lowest BCUT2D eigenvalue weighted by Gasteiger charge is -2.06. The van der Waals surface area contributed by atoms with Gasteiger partial charge < -0.3 is 0 Å². The van der Waals surface area contributed by atoms with Gasteiger partial charge in [-0.2, -0.15) is 0 Å². The molecule has 130 valence electrons. The van der Waals surface area contributed by atoms with Gasteiger partial charge in [-0.05, 0) is 43.7 Å². The zero-order chi connectivity index (χ0) is 18.3. The number of fused-ring (bicyclic) bond motifs is 1. The number of rotatable bonds is 3. The first-order chi connectivity index (χ1) is 12.5. The Morgan fingerprint density at radius 2 is 2.00 bits per heavy atom. The number of halogens is 1. The number of carbonyl (C=O) groups is 1. The number of anilines is 1. The first-order valence-electron chi connectivity index (χ1n) is 7.88. The molecule has 4 aromatic rings. The van der Waals surface area contributed by atoms with Gasteiger partial charge in [-0.3, -0.25) is 10.1 Å². The fraction of sp³-hybridized carbons (Fsp3) is 0.111. The zero-order valence-electron chi connectivity index (χ0n) is 14.0. The van der Waals surface area contributed by atoms with E-state index in [0.29, 0.717) is 15.8 Å². The number of thiazole rings is 1. The molecule has 0 fully saturated rings. The molecular weight excluding hydrogens is 370 g/mol. The maximum absolute atomic E-state index is 12.6. The SMILES string of the molecule is Cc1ccccc1-n1nnc(C(=O)Nc2nc3cc(Cl)ccc3s2)c1C. The summed E-state index contributed by atoms with van der Waals surface area (Å²) in [7, 11) is 0. The summed E-state index contributed by atoms with van der Waals surface area (Å²) < 4.78 is 2.62. The number of nitrogens with one attached hydrogen (secondary N) is 1. The van der Waals surface area contributed by atoms with Crippen molar-refractivity contribution in [3.63, 3.8) is 0 Å². The third-order valence-electron chi connectivity index (χ3n) is 4.02. The molecule has 0 spiro atoms. The van der Waals surface area contributed by atoms with Crippen molar-refractivity contribution in [1.82, 2.24) is 20.0 Å². The number of para-hydroxylation sites is 1. The van der Waals surface area contributed by atoms with Gasteiger partial charge in [0.2, 0.25) is 0 Å². The number of aryl methyl sites for hydroxylation is 1. The highest BCUT2D eigenvalue weighted by Gasteiger charge is 2.19. The maximum atomic E-state index is 12.6. The number of amides is 1. The minimum absolute atomic E-state index is 0.269. The normalized spacial score (nSPS) is 11.0. The number of carbonyl (C=O) groups excluding carboxylic acids is 1. The molecule has 2 aromatic carbocycles. The lowest BCUT2D eigenvalue weighted by molar-refractivity contribution is 0.102. The number of nitrogens with zero attached hydrogens (tertiary/aromatic N) is 4. The number of benzene rings is 2. The Morgan fingerprint density at radius 1 is 1.19 bits per heavy atom. The topological polar surface area (TPSA) is 72.7 Å². The van der Waals surface area contributed by atoms with E-state index in [1.807, 2.05) is 44.2 Å². The summed E-state index contributed by atoms with van der Waals surface area (Å²) in [5.74, 6) is -0.340. The summed E-state index contributed by atoms with van der Waals surface area (Å²) in [4.78, 5) is 17.0. The third kappa shape index (κ3) is 2.95. The molecule has 2 aromatic heterocycles. The molecule has 8 heteroatoms. The van der Waals surface area contributed by atoms with E-state index in [0.717, 1.165) is 21.5 Å². The van der Waals surface area contributed by atoms with Crippen LogP contribution in [0, 0.1) is 13.8 Å². The van der Waals surface area contributed by atoms with E-state index in [1.54, 1.807) is 16.8 Å². The molecule has 0 saturated carbocycles. The summed E-state index contributed by atoms with van der Waals surface area (Å²) in [5, 5.41) is 12.1. The van der Waals surface area contributed by atoms with Crippen molar-refractivity contribution in [2.75, 3.05) is 5.32 Å². The molecular formula is C18H14ClN5OS. The molecule has 0 bridgehead atoms. The molecule has 0 saturated heterocycles. The maximum Gasteiger partial charge on any atom is 0.279 e. The zero-order valence-corrected chi connectivity index (χ0v) is 15.6. The van der Waals surface area contributed by atoms with E-state index in [2.05, 4.69) is 20.6 Å². The Hall–Kier alpha value is -2.77. The van der Waals surface area contributed by atoms with Gasteiger partial charge in [0.05, 0.1) is 21.6 Å². The average molecular weight is 384 g/mol. The van der Waals surface area contributed by atoms with Gasteiger partial charge in [0.25, 0.3) is 5.91 Å². The van der Waals surface area contributed by atoms with Crippen molar-refractivity contribution in [1.29, 1.82) is 0 Å². The molecule has 0 aliphatic carbocycles. The number of hydrogen-bond donors (Lipinski definition) is 1. The second-order valence-electron chi connectivity index (χ2n) is 5.81. The van der Waals surface area contributed by atoms with Gasteiger partial charge in [-0.1, -0.05) is 46.4 Å². The smallest absolute Gasteiger partial charge is 0.279 e. The van der Waals surface area contributed by atoms with Crippen LogP contribution in [0.2, 0.25) is 5.02 Å². The van der Waals surface area contributed by atoms with E-state index in [4.69, 9.17) is 11.6 Å². The van der Waals surface area contributed by atoms with Crippen LogP contribution in [0.4, 0.5) is 5.13 Å². The lowest BCUT2D eigenvalue weighted by Crippen LogP contribution is -2.14. The second kappa shape index (κ2) is 6.51. The lowest BCUT2D eigenvalue weighted by atomic mass is 10.2. The Morgan fingerprint density at radius 3 is 2.81 bits per heavy atom. The molecule has 6 nitrogen and oxygen atoms in total. The van der Waals surface area contributed by atoms with Crippen LogP contribution < -0.4 is 5.32 Å². The molecule has 2 heterocycles. The Kier molecular flexibility index (Phi) is 4.18. The number of aromatic nitrogens is 4. The fourth-order valence-corrected chi connectivity index (χ4v) is 3.69. The van der Waals surface area contributed by atoms with Crippen LogP contribution in [0.15, 0.2) is 42.5 Å². The summed E-state index contributed by atoms with van der Waals surface area (Å²) in [5.41, 5.74) is 3.63. The Labute approximate surface area is 158 Å². The van der Waals surface area contributed by atoms with Crippen LogP contribution in [-0.2, 0) is 0 Å². The monoisotopic (exact) mass is 383 g/mol. The van der Waals surface area contributed by atoms with E-state index >= 15 is 0 Å². The largest absolute Gasteiger partial charge is 0.296 e. The molecule has 0 aliphatic heterocycles. The van der Waals surface area contributed by atoms with E-state index in [9.17, 15) is 4.79 Å².